The van der Waals surface area contributed by atoms with Gasteiger partial charge in [-0.15, -0.1) is 21.5 Å². The van der Waals surface area contributed by atoms with Crippen molar-refractivity contribution < 1.29 is 33.4 Å². The number of hydrogen-bond donors (Lipinski definition) is 4. The Balaban J connectivity index is 0.752. The molecule has 1 saturated carbocycles. The number of β-amino-alcohol motifs (C(OH)–C–C–N with tert-alkyl or cyclic N) is 1. The molecule has 1 aliphatic carbocycles. The van der Waals surface area contributed by atoms with Crippen molar-refractivity contribution in [3.63, 3.8) is 0 Å². The van der Waals surface area contributed by atoms with Gasteiger partial charge in [0.25, 0.3) is 11.8 Å². The van der Waals surface area contributed by atoms with Gasteiger partial charge in [-0.1, -0.05) is 44.2 Å². The van der Waals surface area contributed by atoms with Crippen molar-refractivity contribution in [3.05, 3.63) is 77.2 Å². The van der Waals surface area contributed by atoms with Gasteiger partial charge in [-0.2, -0.15) is 10.4 Å². The molecule has 1 spiro atoms. The Bertz CT molecular complexity index is 3160. The number of rotatable bonds is 14. The Morgan fingerprint density at radius 2 is 1.81 bits per heavy atom. The molecule has 73 heavy (non-hydrogen) atoms. The van der Waals surface area contributed by atoms with Crippen molar-refractivity contribution in [1.82, 2.24) is 50.2 Å². The zero-order chi connectivity index (χ0) is 51.4. The molecule has 4 aliphatic rings. The molecule has 0 bridgehead atoms. The molecule has 3 aliphatic heterocycles. The van der Waals surface area contributed by atoms with E-state index < -0.39 is 47.0 Å². The standard InChI is InChI=1S/C51H56FN13O6S2/c1-29-42(72-28-57-29)31-6-7-32(22-56-44(68)39-18-34(66)24-64(39)46(69)43(49(2,3)4)59-47(70)51(52)10-11-51)40(17-31)71-25-41(67)62-14-12-50(13-15-62)26-63(27-50)48-61-60-45(73-48)35-23-55-37(19-36(35)54-5)38-9-8-33-16-30(20-53)21-58-65(33)38/h6-9,16-17,19,21,23,28,34,39,43,66H,10-15,18,22,24-27H2,1-5H3,(H,54,55)(H,56,68)(H,59,70)/t34-,39+,43-/m1/s1. The summed E-state index contributed by atoms with van der Waals surface area (Å²) in [7, 11) is 1.85. The summed E-state index contributed by atoms with van der Waals surface area (Å²) in [6, 6.07) is 13.1. The number of nitrogens with one attached hydrogen (secondary N) is 3. The van der Waals surface area contributed by atoms with Crippen molar-refractivity contribution in [3.8, 4) is 44.2 Å². The first-order valence-corrected chi connectivity index (χ1v) is 26.0. The Morgan fingerprint density at radius 1 is 1.03 bits per heavy atom. The van der Waals surface area contributed by atoms with Crippen LogP contribution in [0.1, 0.15) is 69.7 Å². The van der Waals surface area contributed by atoms with E-state index in [1.807, 2.05) is 55.3 Å². The van der Waals surface area contributed by atoms with Crippen LogP contribution in [-0.2, 0) is 25.7 Å². The number of thiazole rings is 1. The summed E-state index contributed by atoms with van der Waals surface area (Å²) < 4.78 is 22.8. The van der Waals surface area contributed by atoms with Crippen LogP contribution in [0.15, 0.2) is 60.4 Å². The first kappa shape index (κ1) is 49.5. The van der Waals surface area contributed by atoms with Crippen LogP contribution in [0, 0.1) is 29.1 Å². The lowest BCUT2D eigenvalue weighted by Gasteiger charge is -2.53. The number of likely N-dealkylation sites (tertiary alicyclic amines) is 2. The quantitative estimate of drug-likeness (QED) is 0.107. The lowest BCUT2D eigenvalue weighted by atomic mass is 9.72. The Labute approximate surface area is 428 Å². The van der Waals surface area contributed by atoms with Crippen LogP contribution in [0.4, 0.5) is 15.2 Å². The van der Waals surface area contributed by atoms with E-state index in [1.54, 1.807) is 43.1 Å². The average molecular weight is 1030 g/mol. The molecule has 5 aromatic heterocycles. The maximum atomic E-state index is 14.7. The number of piperidine rings is 1. The summed E-state index contributed by atoms with van der Waals surface area (Å²) in [6.07, 6.45) is 4.16. The minimum absolute atomic E-state index is 0.00231. The molecule has 19 nitrogen and oxygen atoms in total. The van der Waals surface area contributed by atoms with Gasteiger partial charge in [-0.3, -0.25) is 24.2 Å². The number of aryl methyl sites for hydroxylation is 1. The molecular formula is C51H56FN13O6S2. The lowest BCUT2D eigenvalue weighted by molar-refractivity contribution is -0.145. The van der Waals surface area contributed by atoms with Gasteiger partial charge >= 0.3 is 0 Å². The van der Waals surface area contributed by atoms with Gasteiger partial charge < -0.3 is 40.5 Å². The maximum Gasteiger partial charge on any atom is 0.260 e. The zero-order valence-corrected chi connectivity index (χ0v) is 42.8. The number of ether oxygens (including phenoxy) is 1. The topological polar surface area (TPSA) is 236 Å². The third-order valence-corrected chi connectivity index (χ3v) is 16.4. The number of carbonyl (C=O) groups excluding carboxylic acids is 4. The number of aliphatic hydroxyl groups is 1. The largest absolute Gasteiger partial charge is 0.483 e. The number of nitrogens with zero attached hydrogens (tertiary/aromatic N) is 10. The molecule has 8 heterocycles. The number of benzene rings is 1. The Morgan fingerprint density at radius 3 is 2.51 bits per heavy atom. The van der Waals surface area contributed by atoms with E-state index in [1.165, 1.54) is 33.8 Å². The van der Waals surface area contributed by atoms with E-state index in [-0.39, 0.29) is 50.3 Å². The van der Waals surface area contributed by atoms with Gasteiger partial charge in [0.2, 0.25) is 16.9 Å². The summed E-state index contributed by atoms with van der Waals surface area (Å²) in [5.41, 5.74) is 5.75. The number of fused-ring (bicyclic) bond motifs is 1. The molecule has 380 valence electrons. The van der Waals surface area contributed by atoms with Gasteiger partial charge in [-0.05, 0) is 73.9 Å². The second-order valence-electron chi connectivity index (χ2n) is 20.6. The fourth-order valence-corrected chi connectivity index (χ4v) is 11.6. The van der Waals surface area contributed by atoms with Crippen LogP contribution < -0.4 is 25.6 Å². The minimum atomic E-state index is -1.99. The summed E-state index contributed by atoms with van der Waals surface area (Å²) in [5.74, 6) is -1.67. The van der Waals surface area contributed by atoms with Gasteiger partial charge in [0.15, 0.2) is 17.3 Å². The van der Waals surface area contributed by atoms with Gasteiger partial charge in [0.05, 0.1) is 56.4 Å². The monoisotopic (exact) mass is 1030 g/mol. The second-order valence-corrected chi connectivity index (χ2v) is 22.4. The molecule has 0 unspecified atom stereocenters. The lowest BCUT2D eigenvalue weighted by Crippen LogP contribution is -2.61. The van der Waals surface area contributed by atoms with Crippen LogP contribution in [0.25, 0.3) is 37.9 Å². The number of carbonyl (C=O) groups is 4. The number of alkyl halides is 1. The molecule has 4 amide bonds. The van der Waals surface area contributed by atoms with Crippen LogP contribution in [0.5, 0.6) is 5.75 Å². The van der Waals surface area contributed by atoms with E-state index in [0.29, 0.717) is 35.7 Å². The fraction of sp³-hybridized carbons (Fsp3) is 0.451. The van der Waals surface area contributed by atoms with Gasteiger partial charge in [0, 0.05) is 75.6 Å². The van der Waals surface area contributed by atoms with Crippen molar-refractivity contribution in [2.75, 3.05) is 56.6 Å². The number of halogens is 1. The van der Waals surface area contributed by atoms with Crippen LogP contribution in [0.2, 0.25) is 0 Å². The highest BCUT2D eigenvalue weighted by molar-refractivity contribution is 7.18. The molecule has 22 heteroatoms. The third kappa shape index (κ3) is 9.92. The number of aromatic nitrogens is 6. The van der Waals surface area contributed by atoms with Crippen molar-refractivity contribution in [2.24, 2.45) is 10.8 Å². The smallest absolute Gasteiger partial charge is 0.260 e. The first-order chi connectivity index (χ1) is 34.9. The SMILES string of the molecule is CNc1cc(-c2ccc3cc(C#N)cnn23)ncc1-c1nnc(N2CC3(CCN(C(=O)COc4cc(-c5scnc5C)ccc4CNC(=O)[C@@H]4C[C@@H](O)CN4C(=O)[C@@H](NC(=O)C4(F)CC4)C(C)(C)C)CC3)C2)s1. The second kappa shape index (κ2) is 19.4. The van der Waals surface area contributed by atoms with E-state index in [0.717, 1.165) is 74.7 Å². The molecule has 0 radical (unpaired) electrons. The Kier molecular flexibility index (Phi) is 13.1. The molecule has 3 saturated heterocycles. The van der Waals surface area contributed by atoms with E-state index in [4.69, 9.17) is 9.72 Å². The number of anilines is 2. The van der Waals surface area contributed by atoms with Crippen LogP contribution >= 0.6 is 22.7 Å². The van der Waals surface area contributed by atoms with Gasteiger partial charge in [0.1, 0.15) is 23.9 Å². The molecule has 4 fully saturated rings. The fourth-order valence-electron chi connectivity index (χ4n) is 9.93. The van der Waals surface area contributed by atoms with Crippen LogP contribution in [0.3, 0.4) is 0 Å². The van der Waals surface area contributed by atoms with Crippen molar-refractivity contribution in [2.45, 2.75) is 90.2 Å². The average Bonchev–Trinajstić information content (AvgIpc) is 3.85. The third-order valence-electron chi connectivity index (χ3n) is 14.4. The molecule has 10 rings (SSSR count). The predicted octanol–water partition coefficient (Wildman–Crippen LogP) is 5.38. The summed E-state index contributed by atoms with van der Waals surface area (Å²) >= 11 is 2.99. The number of nitriles is 1. The molecule has 6 aromatic rings. The number of hydrogen-bond acceptors (Lipinski definition) is 16. The summed E-state index contributed by atoms with van der Waals surface area (Å²) in [4.78, 5) is 69.9. The highest BCUT2D eigenvalue weighted by atomic mass is 32.1. The van der Waals surface area contributed by atoms with E-state index in [2.05, 4.69) is 47.2 Å². The van der Waals surface area contributed by atoms with E-state index >= 15 is 0 Å². The van der Waals surface area contributed by atoms with Crippen molar-refractivity contribution >= 4 is 62.6 Å². The highest BCUT2D eigenvalue weighted by Gasteiger charge is 2.53. The minimum Gasteiger partial charge on any atom is -0.483 e. The highest BCUT2D eigenvalue weighted by Crippen LogP contribution is 2.45. The molecule has 3 atom stereocenters. The normalized spacial score (nSPS) is 19.3. The van der Waals surface area contributed by atoms with Crippen LogP contribution in [-0.4, -0.2) is 139 Å². The summed E-state index contributed by atoms with van der Waals surface area (Å²) in [5, 5.41) is 43.9. The summed E-state index contributed by atoms with van der Waals surface area (Å²) in [6.45, 7) is 9.58. The maximum absolute atomic E-state index is 14.7. The molecule has 4 N–H and O–H groups in total. The Hall–Kier alpha value is -7.09. The van der Waals surface area contributed by atoms with Gasteiger partial charge in [-0.25, -0.2) is 13.9 Å². The number of amides is 4. The molecular weight excluding hydrogens is 974 g/mol. The first-order valence-electron chi connectivity index (χ1n) is 24.3. The van der Waals surface area contributed by atoms with E-state index in [9.17, 15) is 33.9 Å². The number of pyridine rings is 1. The predicted molar refractivity (Wildman–Crippen MR) is 272 cm³/mol. The number of aliphatic hydroxyl groups excluding tert-OH is 1. The van der Waals surface area contributed by atoms with Crippen molar-refractivity contribution in [1.29, 1.82) is 5.26 Å². The zero-order valence-electron chi connectivity index (χ0n) is 41.1. The molecule has 1 aromatic carbocycles.